The van der Waals surface area contributed by atoms with Crippen molar-refractivity contribution in [3.05, 3.63) is 132 Å². The van der Waals surface area contributed by atoms with Crippen LogP contribution >= 0.6 is 7.60 Å². The summed E-state index contributed by atoms with van der Waals surface area (Å²) >= 11 is 0. The fourth-order valence-electron chi connectivity index (χ4n) is 3.95. The normalized spacial score (nSPS) is 14.1. The first-order chi connectivity index (χ1) is 19.5. The molecule has 0 amide bonds. The van der Waals surface area contributed by atoms with Gasteiger partial charge >= 0.3 is 7.60 Å². The van der Waals surface area contributed by atoms with E-state index in [9.17, 15) is 9.36 Å². The number of Topliss-reactive ketones (excluding diaryl/α,β-unsaturated/α-hetero) is 1. The zero-order chi connectivity index (χ0) is 28.6. The van der Waals surface area contributed by atoms with E-state index in [0.717, 1.165) is 16.7 Å². The number of rotatable bonds is 18. The van der Waals surface area contributed by atoms with Gasteiger partial charge in [0.15, 0.2) is 5.78 Å². The lowest BCUT2D eigenvalue weighted by atomic mass is 10.0. The molecule has 0 aliphatic carbocycles. The molecule has 0 saturated heterocycles. The van der Waals surface area contributed by atoms with Gasteiger partial charge in [0.1, 0.15) is 24.5 Å². The Bertz CT molecular complexity index is 1220. The summed E-state index contributed by atoms with van der Waals surface area (Å²) < 4.78 is 42.1. The van der Waals surface area contributed by atoms with Gasteiger partial charge < -0.3 is 23.3 Å². The lowest BCUT2D eigenvalue weighted by Gasteiger charge is -2.32. The summed E-state index contributed by atoms with van der Waals surface area (Å²) in [5, 5.41) is 0. The van der Waals surface area contributed by atoms with Crippen LogP contribution in [0, 0.1) is 0 Å². The largest absolute Gasteiger partial charge is 0.367 e. The van der Waals surface area contributed by atoms with Crippen LogP contribution in [0.1, 0.15) is 16.7 Å². The van der Waals surface area contributed by atoms with Crippen molar-refractivity contribution in [1.82, 2.24) is 0 Å². The molecule has 0 aliphatic rings. The van der Waals surface area contributed by atoms with Crippen LogP contribution in [0.3, 0.4) is 0 Å². The van der Waals surface area contributed by atoms with Gasteiger partial charge in [-0.05, 0) is 16.7 Å². The van der Waals surface area contributed by atoms with Crippen LogP contribution in [0.5, 0.6) is 0 Å². The second kappa shape index (κ2) is 16.8. The van der Waals surface area contributed by atoms with Crippen LogP contribution in [-0.2, 0) is 52.4 Å². The summed E-state index contributed by atoms with van der Waals surface area (Å²) in [7, 11) is -1.18. The van der Waals surface area contributed by atoms with E-state index in [4.69, 9.17) is 23.3 Å². The standard InChI is InChI=1S/C32H37O7P/c1-4-5-21-30(37-22-26-15-9-6-10-16-26)32(39-24-28-19-13-8-14-20-28)31(29(33)25-40(34,35-2)36-3)38-23-27-17-11-7-12-18-27/h4-21,30-32H,1,22-25H2,2-3H3/b21-5+/t30-,31+,32+/m1/s1. The van der Waals surface area contributed by atoms with E-state index in [1.165, 1.54) is 14.2 Å². The summed E-state index contributed by atoms with van der Waals surface area (Å²) in [6.45, 7) is 4.38. The van der Waals surface area contributed by atoms with E-state index in [1.54, 1.807) is 18.2 Å². The van der Waals surface area contributed by atoms with Gasteiger partial charge in [0.05, 0.1) is 19.8 Å². The Morgan fingerprint density at radius 3 is 1.65 bits per heavy atom. The molecule has 3 atom stereocenters. The van der Waals surface area contributed by atoms with Crippen LogP contribution < -0.4 is 0 Å². The maximum atomic E-state index is 13.8. The first kappa shape index (κ1) is 31.4. The van der Waals surface area contributed by atoms with Gasteiger partial charge in [0, 0.05) is 14.2 Å². The molecule has 0 radical (unpaired) electrons. The van der Waals surface area contributed by atoms with Crippen molar-refractivity contribution in [2.24, 2.45) is 0 Å². The predicted molar refractivity (Wildman–Crippen MR) is 156 cm³/mol. The molecule has 3 aromatic rings. The van der Waals surface area contributed by atoms with E-state index in [2.05, 4.69) is 6.58 Å². The molecule has 0 bridgehead atoms. The van der Waals surface area contributed by atoms with Crippen LogP contribution in [0.4, 0.5) is 0 Å². The Labute approximate surface area is 236 Å². The van der Waals surface area contributed by atoms with Crippen molar-refractivity contribution >= 4 is 13.4 Å². The smallest absolute Gasteiger partial charge is 0.337 e. The molecular formula is C32H37O7P. The average Bonchev–Trinajstić information content (AvgIpc) is 3.00. The summed E-state index contributed by atoms with van der Waals surface area (Å²) in [6.07, 6.45) is 1.89. The van der Waals surface area contributed by atoms with Crippen molar-refractivity contribution in [3.8, 4) is 0 Å². The number of ether oxygens (including phenoxy) is 3. The fraction of sp³-hybridized carbons (Fsp3) is 0.281. The van der Waals surface area contributed by atoms with Gasteiger partial charge in [-0.2, -0.15) is 0 Å². The maximum absolute atomic E-state index is 13.8. The van der Waals surface area contributed by atoms with Gasteiger partial charge in [-0.15, -0.1) is 0 Å². The van der Waals surface area contributed by atoms with E-state index in [1.807, 2.05) is 91.0 Å². The molecule has 0 saturated carbocycles. The quantitative estimate of drug-likeness (QED) is 0.128. The topological polar surface area (TPSA) is 80.3 Å². The fourth-order valence-corrected chi connectivity index (χ4v) is 4.92. The highest BCUT2D eigenvalue weighted by Crippen LogP contribution is 2.46. The molecule has 0 unspecified atom stereocenters. The maximum Gasteiger partial charge on any atom is 0.337 e. The second-order valence-electron chi connectivity index (χ2n) is 8.96. The Morgan fingerprint density at radius 2 is 1.20 bits per heavy atom. The lowest BCUT2D eigenvalue weighted by Crippen LogP contribution is -2.47. The van der Waals surface area contributed by atoms with Crippen molar-refractivity contribution in [2.75, 3.05) is 20.4 Å². The average molecular weight is 565 g/mol. The van der Waals surface area contributed by atoms with Crippen molar-refractivity contribution in [3.63, 3.8) is 0 Å². The minimum Gasteiger partial charge on any atom is -0.367 e. The summed E-state index contributed by atoms with van der Waals surface area (Å²) in [5.41, 5.74) is 2.74. The molecule has 8 heteroatoms. The number of allylic oxidation sites excluding steroid dienone is 2. The molecule has 0 aromatic heterocycles. The zero-order valence-corrected chi connectivity index (χ0v) is 23.9. The number of ketones is 1. The molecule has 0 fully saturated rings. The lowest BCUT2D eigenvalue weighted by molar-refractivity contribution is -0.159. The predicted octanol–water partition coefficient (Wildman–Crippen LogP) is 6.54. The van der Waals surface area contributed by atoms with Crippen molar-refractivity contribution < 1.29 is 32.6 Å². The van der Waals surface area contributed by atoms with Crippen LogP contribution in [-0.4, -0.2) is 44.5 Å². The first-order valence-electron chi connectivity index (χ1n) is 13.0. The summed E-state index contributed by atoms with van der Waals surface area (Å²) in [6, 6.07) is 28.8. The highest BCUT2D eigenvalue weighted by atomic mass is 31.2. The third-order valence-electron chi connectivity index (χ3n) is 6.13. The third kappa shape index (κ3) is 10.1. The van der Waals surface area contributed by atoms with Gasteiger partial charge in [0.2, 0.25) is 0 Å². The van der Waals surface area contributed by atoms with E-state index in [0.29, 0.717) is 0 Å². The monoisotopic (exact) mass is 564 g/mol. The third-order valence-corrected chi connectivity index (χ3v) is 7.94. The highest BCUT2D eigenvalue weighted by molar-refractivity contribution is 7.54. The molecule has 40 heavy (non-hydrogen) atoms. The van der Waals surface area contributed by atoms with Gasteiger partial charge in [0.25, 0.3) is 0 Å². The molecule has 3 rings (SSSR count). The molecule has 0 N–H and O–H groups in total. The molecule has 3 aromatic carbocycles. The van der Waals surface area contributed by atoms with E-state index >= 15 is 0 Å². The van der Waals surface area contributed by atoms with Gasteiger partial charge in [-0.1, -0.05) is 116 Å². The number of hydrogen-bond donors (Lipinski definition) is 0. The summed E-state index contributed by atoms with van der Waals surface area (Å²) in [4.78, 5) is 13.8. The molecular weight excluding hydrogens is 527 g/mol. The van der Waals surface area contributed by atoms with Gasteiger partial charge in [-0.3, -0.25) is 9.36 Å². The molecule has 0 aliphatic heterocycles. The second-order valence-corrected chi connectivity index (χ2v) is 11.2. The highest BCUT2D eigenvalue weighted by Gasteiger charge is 2.39. The Hall–Kier alpha value is -3.16. The van der Waals surface area contributed by atoms with Crippen LogP contribution in [0.2, 0.25) is 0 Å². The summed E-state index contributed by atoms with van der Waals surface area (Å²) in [5.74, 6) is -0.485. The minimum absolute atomic E-state index is 0.128. The van der Waals surface area contributed by atoms with E-state index < -0.39 is 37.9 Å². The number of carbonyl (C=O) groups excluding carboxylic acids is 1. The number of hydrogen-bond acceptors (Lipinski definition) is 7. The molecule has 212 valence electrons. The Balaban J connectivity index is 1.97. The molecule has 0 spiro atoms. The van der Waals surface area contributed by atoms with Crippen LogP contribution in [0.15, 0.2) is 116 Å². The van der Waals surface area contributed by atoms with Gasteiger partial charge in [-0.25, -0.2) is 0 Å². The first-order valence-corrected chi connectivity index (χ1v) is 14.7. The molecule has 0 heterocycles. The SMILES string of the molecule is C=C/C=C/[C@@H](OCc1ccccc1)[C@H](OCc1ccccc1)[C@@H](OCc1ccccc1)C(=O)CP(=O)(OC)OC. The van der Waals surface area contributed by atoms with E-state index in [-0.39, 0.29) is 19.8 Å². The number of carbonyl (C=O) groups is 1. The Kier molecular flexibility index (Phi) is 13.2. The van der Waals surface area contributed by atoms with Crippen molar-refractivity contribution in [2.45, 2.75) is 38.1 Å². The van der Waals surface area contributed by atoms with Crippen molar-refractivity contribution in [1.29, 1.82) is 0 Å². The number of benzene rings is 3. The zero-order valence-electron chi connectivity index (χ0n) is 23.0. The Morgan fingerprint density at radius 1 is 0.750 bits per heavy atom. The minimum atomic E-state index is -3.68. The molecule has 7 nitrogen and oxygen atoms in total. The van der Waals surface area contributed by atoms with Crippen LogP contribution in [0.25, 0.3) is 0 Å².